The van der Waals surface area contributed by atoms with Crippen molar-refractivity contribution in [1.82, 2.24) is 5.32 Å². The Balaban J connectivity index is 2.09. The lowest BCUT2D eigenvalue weighted by Crippen LogP contribution is -2.39. The average Bonchev–Trinajstić information content (AvgIpc) is 2.29. The van der Waals surface area contributed by atoms with Gasteiger partial charge in [-0.05, 0) is 18.8 Å². The highest BCUT2D eigenvalue weighted by molar-refractivity contribution is 4.94. The van der Waals surface area contributed by atoms with E-state index >= 15 is 0 Å². The quantitative estimate of drug-likeness (QED) is 0.704. The van der Waals surface area contributed by atoms with Crippen LogP contribution in [0, 0.1) is 23.2 Å². The molecule has 1 saturated carbocycles. The molecule has 16 heavy (non-hydrogen) atoms. The van der Waals surface area contributed by atoms with Gasteiger partial charge in [-0.15, -0.1) is 0 Å². The predicted octanol–water partition coefficient (Wildman–Crippen LogP) is 2.33. The summed E-state index contributed by atoms with van der Waals surface area (Å²) in [5, 5.41) is 12.5. The van der Waals surface area contributed by atoms with E-state index in [1.54, 1.807) is 0 Å². The van der Waals surface area contributed by atoms with Crippen LogP contribution in [0.4, 0.5) is 0 Å². The Labute approximate surface area is 99.2 Å². The topological polar surface area (TPSA) is 45.0 Å². The zero-order valence-corrected chi connectivity index (χ0v) is 10.5. The van der Waals surface area contributed by atoms with Crippen molar-refractivity contribution < 1.29 is 4.74 Å². The van der Waals surface area contributed by atoms with Gasteiger partial charge in [-0.2, -0.15) is 5.26 Å². The lowest BCUT2D eigenvalue weighted by Gasteiger charge is -2.27. The van der Waals surface area contributed by atoms with Gasteiger partial charge in [-0.3, -0.25) is 0 Å². The van der Waals surface area contributed by atoms with E-state index in [-0.39, 0.29) is 5.92 Å². The molecule has 2 unspecified atom stereocenters. The van der Waals surface area contributed by atoms with Crippen molar-refractivity contribution in [2.45, 2.75) is 45.6 Å². The van der Waals surface area contributed by atoms with Crippen LogP contribution in [0.15, 0.2) is 0 Å². The summed E-state index contributed by atoms with van der Waals surface area (Å²) in [4.78, 5) is 0. The maximum absolute atomic E-state index is 9.02. The average molecular weight is 224 g/mol. The molecule has 0 aromatic heterocycles. The van der Waals surface area contributed by atoms with Gasteiger partial charge in [0.25, 0.3) is 0 Å². The highest BCUT2D eigenvalue weighted by Crippen LogP contribution is 2.23. The van der Waals surface area contributed by atoms with Crippen molar-refractivity contribution in [2.75, 3.05) is 19.8 Å². The molecule has 1 aliphatic rings. The van der Waals surface area contributed by atoms with Crippen LogP contribution in [-0.4, -0.2) is 25.8 Å². The van der Waals surface area contributed by atoms with Gasteiger partial charge in [-0.25, -0.2) is 0 Å². The van der Waals surface area contributed by atoms with Crippen LogP contribution in [0.25, 0.3) is 0 Å². The van der Waals surface area contributed by atoms with Crippen LogP contribution in [0.3, 0.4) is 0 Å². The Kier molecular flexibility index (Phi) is 6.44. The summed E-state index contributed by atoms with van der Waals surface area (Å²) in [7, 11) is 0. The second-order valence-corrected chi connectivity index (χ2v) is 5.05. The predicted molar refractivity (Wildman–Crippen MR) is 65.0 cm³/mol. The second kappa shape index (κ2) is 7.65. The van der Waals surface area contributed by atoms with Gasteiger partial charge in [0.2, 0.25) is 0 Å². The van der Waals surface area contributed by atoms with Gasteiger partial charge in [0, 0.05) is 19.2 Å². The molecule has 0 amide bonds. The van der Waals surface area contributed by atoms with Crippen molar-refractivity contribution in [3.8, 4) is 6.07 Å². The maximum atomic E-state index is 9.02. The molecule has 0 bridgehead atoms. The first kappa shape index (κ1) is 13.5. The van der Waals surface area contributed by atoms with Crippen molar-refractivity contribution >= 4 is 0 Å². The molecule has 92 valence electrons. The minimum Gasteiger partial charge on any atom is -0.380 e. The Morgan fingerprint density at radius 3 is 2.81 bits per heavy atom. The lowest BCUT2D eigenvalue weighted by atomic mass is 9.85. The Bertz CT molecular complexity index is 222. The third kappa shape index (κ3) is 4.96. The fraction of sp³-hybridized carbons (Fsp3) is 0.923. The van der Waals surface area contributed by atoms with Crippen molar-refractivity contribution in [3.05, 3.63) is 0 Å². The molecule has 0 radical (unpaired) electrons. The summed E-state index contributed by atoms with van der Waals surface area (Å²) in [6.45, 7) is 6.76. The summed E-state index contributed by atoms with van der Waals surface area (Å²) in [6, 6.07) is 2.80. The zero-order valence-electron chi connectivity index (χ0n) is 10.5. The van der Waals surface area contributed by atoms with E-state index in [1.807, 2.05) is 0 Å². The van der Waals surface area contributed by atoms with Gasteiger partial charge >= 0.3 is 0 Å². The molecule has 0 heterocycles. The van der Waals surface area contributed by atoms with Crippen LogP contribution in [-0.2, 0) is 4.74 Å². The molecule has 0 aromatic rings. The molecule has 3 heteroatoms. The van der Waals surface area contributed by atoms with Crippen LogP contribution in [0.5, 0.6) is 0 Å². The van der Waals surface area contributed by atoms with Gasteiger partial charge in [-0.1, -0.05) is 26.7 Å². The van der Waals surface area contributed by atoms with Gasteiger partial charge in [0.1, 0.15) is 0 Å². The number of hydrogen-bond donors (Lipinski definition) is 1. The van der Waals surface area contributed by atoms with Crippen LogP contribution in [0.2, 0.25) is 0 Å². The Morgan fingerprint density at radius 2 is 2.12 bits per heavy atom. The number of nitrogens with zero attached hydrogens (tertiary/aromatic N) is 1. The van der Waals surface area contributed by atoms with E-state index in [2.05, 4.69) is 25.2 Å². The Hall–Kier alpha value is -0.590. The number of hydrogen-bond acceptors (Lipinski definition) is 3. The van der Waals surface area contributed by atoms with Crippen LogP contribution < -0.4 is 5.32 Å². The number of rotatable bonds is 6. The fourth-order valence-corrected chi connectivity index (χ4v) is 2.17. The number of nitriles is 1. The molecule has 1 rings (SSSR count). The molecule has 2 atom stereocenters. The first-order valence-electron chi connectivity index (χ1n) is 6.44. The second-order valence-electron chi connectivity index (χ2n) is 5.05. The SMILES string of the molecule is CC(C)COCCNC1CCCCC1C#N. The first-order valence-corrected chi connectivity index (χ1v) is 6.44. The lowest BCUT2D eigenvalue weighted by molar-refractivity contribution is 0.107. The summed E-state index contributed by atoms with van der Waals surface area (Å²) < 4.78 is 5.51. The molecular formula is C13H24N2O. The van der Waals surface area contributed by atoms with E-state index in [0.29, 0.717) is 12.0 Å². The maximum Gasteiger partial charge on any atom is 0.0672 e. The minimum atomic E-state index is 0.207. The number of nitrogens with one attached hydrogen (secondary N) is 1. The Morgan fingerprint density at radius 1 is 1.38 bits per heavy atom. The van der Waals surface area contributed by atoms with Crippen LogP contribution >= 0.6 is 0 Å². The zero-order chi connectivity index (χ0) is 11.8. The molecule has 0 spiro atoms. The monoisotopic (exact) mass is 224 g/mol. The third-order valence-corrected chi connectivity index (χ3v) is 3.04. The number of ether oxygens (including phenoxy) is 1. The van der Waals surface area contributed by atoms with Gasteiger partial charge in [0.05, 0.1) is 18.6 Å². The molecule has 1 aliphatic carbocycles. The van der Waals surface area contributed by atoms with E-state index in [0.717, 1.165) is 32.6 Å². The van der Waals surface area contributed by atoms with E-state index in [9.17, 15) is 0 Å². The summed E-state index contributed by atoms with van der Waals surface area (Å²) >= 11 is 0. The normalized spacial score (nSPS) is 25.6. The minimum absolute atomic E-state index is 0.207. The van der Waals surface area contributed by atoms with Gasteiger partial charge in [0.15, 0.2) is 0 Å². The van der Waals surface area contributed by atoms with Crippen molar-refractivity contribution in [2.24, 2.45) is 11.8 Å². The van der Waals surface area contributed by atoms with E-state index in [4.69, 9.17) is 10.00 Å². The largest absolute Gasteiger partial charge is 0.380 e. The molecule has 0 aromatic carbocycles. The highest BCUT2D eigenvalue weighted by Gasteiger charge is 2.23. The van der Waals surface area contributed by atoms with E-state index < -0.39 is 0 Å². The van der Waals surface area contributed by atoms with E-state index in [1.165, 1.54) is 12.8 Å². The van der Waals surface area contributed by atoms with Crippen molar-refractivity contribution in [3.63, 3.8) is 0 Å². The molecule has 1 N–H and O–H groups in total. The molecule has 0 saturated heterocycles. The summed E-state index contributed by atoms with van der Waals surface area (Å²) in [5.41, 5.74) is 0. The molecule has 0 aliphatic heterocycles. The highest BCUT2D eigenvalue weighted by atomic mass is 16.5. The molecule has 3 nitrogen and oxygen atoms in total. The first-order chi connectivity index (χ1) is 7.74. The van der Waals surface area contributed by atoms with Crippen molar-refractivity contribution in [1.29, 1.82) is 5.26 Å². The fourth-order valence-electron chi connectivity index (χ4n) is 2.17. The molecular weight excluding hydrogens is 200 g/mol. The summed E-state index contributed by atoms with van der Waals surface area (Å²) in [5.74, 6) is 0.806. The van der Waals surface area contributed by atoms with Gasteiger partial charge < -0.3 is 10.1 Å². The standard InChI is InChI=1S/C13H24N2O/c1-11(2)10-16-8-7-15-13-6-4-3-5-12(13)9-14/h11-13,15H,3-8,10H2,1-2H3. The van der Waals surface area contributed by atoms with Crippen LogP contribution in [0.1, 0.15) is 39.5 Å². The third-order valence-electron chi connectivity index (χ3n) is 3.04. The molecule has 1 fully saturated rings. The summed E-state index contributed by atoms with van der Waals surface area (Å²) in [6.07, 6.45) is 4.66. The smallest absolute Gasteiger partial charge is 0.0672 e.